The maximum absolute atomic E-state index is 6.01. The SMILES string of the molecule is CC(Cl)C(C)(C)Nc1ncc(Cl)cn1. The van der Waals surface area contributed by atoms with Crippen molar-refractivity contribution in [3.8, 4) is 0 Å². The minimum atomic E-state index is -0.255. The Labute approximate surface area is 93.9 Å². The lowest BCUT2D eigenvalue weighted by atomic mass is 10.0. The summed E-state index contributed by atoms with van der Waals surface area (Å²) in [6, 6.07) is 0. The summed E-state index contributed by atoms with van der Waals surface area (Å²) < 4.78 is 0. The topological polar surface area (TPSA) is 37.8 Å². The van der Waals surface area contributed by atoms with Gasteiger partial charge in [0.2, 0.25) is 5.95 Å². The van der Waals surface area contributed by atoms with Gasteiger partial charge in [0, 0.05) is 0 Å². The Hall–Kier alpha value is -0.540. The van der Waals surface area contributed by atoms with Crippen molar-refractivity contribution in [2.45, 2.75) is 31.7 Å². The van der Waals surface area contributed by atoms with Crippen LogP contribution in [0, 0.1) is 0 Å². The molecule has 1 atom stereocenters. The summed E-state index contributed by atoms with van der Waals surface area (Å²) in [5.74, 6) is 0.534. The van der Waals surface area contributed by atoms with Crippen LogP contribution in [0.25, 0.3) is 0 Å². The Kier molecular flexibility index (Phi) is 3.56. The second-order valence-corrected chi connectivity index (χ2v) is 4.78. The quantitative estimate of drug-likeness (QED) is 0.817. The molecule has 0 aliphatic rings. The van der Waals surface area contributed by atoms with Crippen LogP contribution in [0.2, 0.25) is 5.02 Å². The van der Waals surface area contributed by atoms with Gasteiger partial charge in [0.05, 0.1) is 28.3 Å². The van der Waals surface area contributed by atoms with E-state index in [2.05, 4.69) is 15.3 Å². The zero-order valence-corrected chi connectivity index (χ0v) is 9.89. The molecule has 0 aliphatic carbocycles. The number of hydrogen-bond donors (Lipinski definition) is 1. The Bertz CT molecular complexity index is 295. The molecule has 0 saturated heterocycles. The third-order valence-corrected chi connectivity index (χ3v) is 2.79. The van der Waals surface area contributed by atoms with Crippen molar-refractivity contribution in [2.24, 2.45) is 0 Å². The molecule has 0 fully saturated rings. The number of halogens is 2. The fourth-order valence-corrected chi connectivity index (χ4v) is 0.917. The van der Waals surface area contributed by atoms with Gasteiger partial charge in [-0.05, 0) is 20.8 Å². The van der Waals surface area contributed by atoms with Crippen molar-refractivity contribution in [3.63, 3.8) is 0 Å². The molecule has 1 unspecified atom stereocenters. The summed E-state index contributed by atoms with van der Waals surface area (Å²) in [6.45, 7) is 5.90. The smallest absolute Gasteiger partial charge is 0.223 e. The van der Waals surface area contributed by atoms with Gasteiger partial charge in [0.25, 0.3) is 0 Å². The lowest BCUT2D eigenvalue weighted by molar-refractivity contribution is 0.549. The van der Waals surface area contributed by atoms with Crippen LogP contribution in [-0.4, -0.2) is 20.9 Å². The van der Waals surface area contributed by atoms with Crippen LogP contribution in [0.1, 0.15) is 20.8 Å². The molecule has 78 valence electrons. The fourth-order valence-electron chi connectivity index (χ4n) is 0.764. The molecular weight excluding hydrogens is 221 g/mol. The first kappa shape index (κ1) is 11.5. The number of alkyl halides is 1. The molecule has 1 aromatic rings. The largest absolute Gasteiger partial charge is 0.348 e. The molecule has 1 rings (SSSR count). The monoisotopic (exact) mass is 233 g/mol. The first-order valence-electron chi connectivity index (χ1n) is 4.31. The number of nitrogens with zero attached hydrogens (tertiary/aromatic N) is 2. The Balaban J connectivity index is 2.74. The Morgan fingerprint density at radius 3 is 2.29 bits per heavy atom. The van der Waals surface area contributed by atoms with Gasteiger partial charge in [-0.15, -0.1) is 11.6 Å². The van der Waals surface area contributed by atoms with E-state index in [9.17, 15) is 0 Å². The van der Waals surface area contributed by atoms with E-state index in [-0.39, 0.29) is 10.9 Å². The van der Waals surface area contributed by atoms with Crippen LogP contribution in [0.15, 0.2) is 12.4 Å². The normalized spacial score (nSPS) is 13.8. The number of anilines is 1. The van der Waals surface area contributed by atoms with E-state index in [4.69, 9.17) is 23.2 Å². The maximum atomic E-state index is 6.01. The average molecular weight is 234 g/mol. The maximum Gasteiger partial charge on any atom is 0.223 e. The lowest BCUT2D eigenvalue weighted by Crippen LogP contribution is -2.39. The second kappa shape index (κ2) is 4.32. The molecule has 0 bridgehead atoms. The number of nitrogens with one attached hydrogen (secondary N) is 1. The van der Waals surface area contributed by atoms with E-state index in [1.165, 1.54) is 0 Å². The predicted octanol–water partition coefficient (Wildman–Crippen LogP) is 2.95. The Morgan fingerprint density at radius 2 is 1.86 bits per heavy atom. The van der Waals surface area contributed by atoms with Gasteiger partial charge in [0.15, 0.2) is 0 Å². The summed E-state index contributed by atoms with van der Waals surface area (Å²) >= 11 is 11.7. The highest BCUT2D eigenvalue weighted by atomic mass is 35.5. The van der Waals surface area contributed by atoms with E-state index in [1.54, 1.807) is 12.4 Å². The summed E-state index contributed by atoms with van der Waals surface area (Å²) in [7, 11) is 0. The molecule has 0 saturated carbocycles. The summed E-state index contributed by atoms with van der Waals surface area (Å²) in [6.07, 6.45) is 3.09. The highest BCUT2D eigenvalue weighted by Crippen LogP contribution is 2.19. The molecule has 3 nitrogen and oxygen atoms in total. The molecule has 0 aliphatic heterocycles. The van der Waals surface area contributed by atoms with E-state index >= 15 is 0 Å². The zero-order valence-electron chi connectivity index (χ0n) is 8.38. The molecule has 0 aromatic carbocycles. The van der Waals surface area contributed by atoms with Crippen molar-refractivity contribution < 1.29 is 0 Å². The average Bonchev–Trinajstić information content (AvgIpc) is 2.08. The second-order valence-electron chi connectivity index (χ2n) is 3.69. The van der Waals surface area contributed by atoms with Crippen molar-refractivity contribution >= 4 is 29.2 Å². The summed E-state index contributed by atoms with van der Waals surface area (Å²) in [4.78, 5) is 8.07. The van der Waals surface area contributed by atoms with Gasteiger partial charge in [0.1, 0.15) is 0 Å². The van der Waals surface area contributed by atoms with Gasteiger partial charge in [-0.1, -0.05) is 11.6 Å². The lowest BCUT2D eigenvalue weighted by Gasteiger charge is -2.28. The molecule has 0 amide bonds. The highest BCUT2D eigenvalue weighted by Gasteiger charge is 2.24. The molecule has 1 N–H and O–H groups in total. The molecule has 0 spiro atoms. The van der Waals surface area contributed by atoms with Crippen LogP contribution in [0.5, 0.6) is 0 Å². The molecule has 1 heterocycles. The van der Waals surface area contributed by atoms with Gasteiger partial charge < -0.3 is 5.32 Å². The third kappa shape index (κ3) is 3.00. The first-order valence-corrected chi connectivity index (χ1v) is 5.13. The van der Waals surface area contributed by atoms with Crippen molar-refractivity contribution in [1.82, 2.24) is 9.97 Å². The molecular formula is C9H13Cl2N3. The highest BCUT2D eigenvalue weighted by molar-refractivity contribution is 6.30. The van der Waals surface area contributed by atoms with Crippen LogP contribution >= 0.6 is 23.2 Å². The fraction of sp³-hybridized carbons (Fsp3) is 0.556. The van der Waals surface area contributed by atoms with Crippen LogP contribution in [-0.2, 0) is 0 Å². The van der Waals surface area contributed by atoms with E-state index < -0.39 is 0 Å². The standard InChI is InChI=1S/C9H13Cl2N3/c1-6(10)9(2,3)14-8-12-4-7(11)5-13-8/h4-6H,1-3H3,(H,12,13,14). The zero-order chi connectivity index (χ0) is 10.8. The van der Waals surface area contributed by atoms with E-state index in [0.717, 1.165) is 0 Å². The van der Waals surface area contributed by atoms with Gasteiger partial charge in [-0.25, -0.2) is 9.97 Å². The minimum absolute atomic E-state index is 0.0261. The van der Waals surface area contributed by atoms with Gasteiger partial charge in [-0.2, -0.15) is 0 Å². The van der Waals surface area contributed by atoms with Crippen LogP contribution < -0.4 is 5.32 Å². The van der Waals surface area contributed by atoms with Gasteiger partial charge in [-0.3, -0.25) is 0 Å². The third-order valence-electron chi connectivity index (χ3n) is 2.05. The predicted molar refractivity (Wildman–Crippen MR) is 60.1 cm³/mol. The minimum Gasteiger partial charge on any atom is -0.348 e. The number of aromatic nitrogens is 2. The summed E-state index contributed by atoms with van der Waals surface area (Å²) in [5, 5.41) is 3.63. The number of hydrogen-bond acceptors (Lipinski definition) is 3. The molecule has 14 heavy (non-hydrogen) atoms. The molecule has 5 heteroatoms. The van der Waals surface area contributed by atoms with Crippen molar-refractivity contribution in [3.05, 3.63) is 17.4 Å². The molecule has 1 aromatic heterocycles. The van der Waals surface area contributed by atoms with Crippen molar-refractivity contribution in [2.75, 3.05) is 5.32 Å². The first-order chi connectivity index (χ1) is 6.42. The van der Waals surface area contributed by atoms with E-state index in [1.807, 2.05) is 20.8 Å². The van der Waals surface area contributed by atoms with Crippen LogP contribution in [0.4, 0.5) is 5.95 Å². The van der Waals surface area contributed by atoms with Crippen molar-refractivity contribution in [1.29, 1.82) is 0 Å². The van der Waals surface area contributed by atoms with Gasteiger partial charge >= 0.3 is 0 Å². The Morgan fingerprint density at radius 1 is 1.36 bits per heavy atom. The van der Waals surface area contributed by atoms with Crippen LogP contribution in [0.3, 0.4) is 0 Å². The van der Waals surface area contributed by atoms with E-state index in [0.29, 0.717) is 11.0 Å². The number of rotatable bonds is 3. The molecule has 0 radical (unpaired) electrons. The summed E-state index contributed by atoms with van der Waals surface area (Å²) in [5.41, 5.74) is -0.255.